The van der Waals surface area contributed by atoms with Gasteiger partial charge in [-0.25, -0.2) is 0 Å². The van der Waals surface area contributed by atoms with E-state index in [0.29, 0.717) is 12.2 Å². The fourth-order valence-electron chi connectivity index (χ4n) is 2.43. The molecule has 1 N–H and O–H groups in total. The van der Waals surface area contributed by atoms with E-state index in [2.05, 4.69) is 21.2 Å². The SMILES string of the molecule is CCOC(C(=O)c1ccc(Br)cc1)C(NC)c1ccccc1. The van der Waals surface area contributed by atoms with Gasteiger partial charge in [0.05, 0.1) is 6.04 Å². The first-order chi connectivity index (χ1) is 10.7. The van der Waals surface area contributed by atoms with Crippen LogP contribution in [0.3, 0.4) is 0 Å². The molecular formula is C18H20BrNO2. The smallest absolute Gasteiger partial charge is 0.193 e. The van der Waals surface area contributed by atoms with Gasteiger partial charge in [-0.1, -0.05) is 58.4 Å². The number of Topliss-reactive ketones (excluding diaryl/α,β-unsaturated/α-hetero) is 1. The van der Waals surface area contributed by atoms with Crippen molar-refractivity contribution in [1.29, 1.82) is 0 Å². The van der Waals surface area contributed by atoms with Gasteiger partial charge in [-0.2, -0.15) is 0 Å². The van der Waals surface area contributed by atoms with Crippen LogP contribution in [-0.2, 0) is 4.74 Å². The van der Waals surface area contributed by atoms with E-state index in [-0.39, 0.29) is 11.8 Å². The molecule has 0 spiro atoms. The second kappa shape index (κ2) is 8.22. The second-order valence-corrected chi connectivity index (χ2v) is 5.84. The molecule has 2 unspecified atom stereocenters. The van der Waals surface area contributed by atoms with Crippen molar-refractivity contribution >= 4 is 21.7 Å². The lowest BCUT2D eigenvalue weighted by atomic mass is 9.95. The molecule has 2 atom stereocenters. The normalized spacial score (nSPS) is 13.6. The van der Waals surface area contributed by atoms with Crippen LogP contribution < -0.4 is 5.32 Å². The highest BCUT2D eigenvalue weighted by Crippen LogP contribution is 2.23. The average Bonchev–Trinajstić information content (AvgIpc) is 2.56. The van der Waals surface area contributed by atoms with Crippen LogP contribution in [0.4, 0.5) is 0 Å². The summed E-state index contributed by atoms with van der Waals surface area (Å²) < 4.78 is 6.72. The van der Waals surface area contributed by atoms with Crippen LogP contribution in [0.5, 0.6) is 0 Å². The lowest BCUT2D eigenvalue weighted by molar-refractivity contribution is 0.0310. The summed E-state index contributed by atoms with van der Waals surface area (Å²) in [6.07, 6.45) is -0.557. The first-order valence-electron chi connectivity index (χ1n) is 7.31. The van der Waals surface area contributed by atoms with Crippen LogP contribution in [0.2, 0.25) is 0 Å². The third-order valence-electron chi connectivity index (χ3n) is 3.51. The molecule has 3 nitrogen and oxygen atoms in total. The minimum Gasteiger partial charge on any atom is -0.368 e. The predicted molar refractivity (Wildman–Crippen MR) is 92.1 cm³/mol. The Balaban J connectivity index is 2.31. The van der Waals surface area contributed by atoms with Gasteiger partial charge in [0.1, 0.15) is 6.10 Å². The number of ether oxygens (including phenoxy) is 1. The maximum absolute atomic E-state index is 12.8. The molecule has 0 bridgehead atoms. The molecular weight excluding hydrogens is 342 g/mol. The minimum absolute atomic E-state index is 0.0162. The first kappa shape index (κ1) is 16.9. The van der Waals surface area contributed by atoms with Gasteiger partial charge in [0, 0.05) is 16.6 Å². The van der Waals surface area contributed by atoms with E-state index in [1.807, 2.05) is 68.6 Å². The molecule has 2 aromatic carbocycles. The number of hydrogen-bond donors (Lipinski definition) is 1. The highest BCUT2D eigenvalue weighted by atomic mass is 79.9. The van der Waals surface area contributed by atoms with E-state index < -0.39 is 6.10 Å². The average molecular weight is 362 g/mol. The number of rotatable bonds is 7. The highest BCUT2D eigenvalue weighted by Gasteiger charge is 2.29. The van der Waals surface area contributed by atoms with Crippen molar-refractivity contribution in [3.63, 3.8) is 0 Å². The number of halogens is 1. The summed E-state index contributed by atoms with van der Waals surface area (Å²) >= 11 is 3.39. The molecule has 0 heterocycles. The molecule has 0 saturated carbocycles. The van der Waals surface area contributed by atoms with Crippen LogP contribution in [0.15, 0.2) is 59.1 Å². The van der Waals surface area contributed by atoms with Crippen molar-refractivity contribution in [1.82, 2.24) is 5.32 Å². The van der Waals surface area contributed by atoms with Crippen molar-refractivity contribution in [2.24, 2.45) is 0 Å². The molecule has 0 aliphatic carbocycles. The zero-order valence-electron chi connectivity index (χ0n) is 12.8. The molecule has 0 saturated heterocycles. The third-order valence-corrected chi connectivity index (χ3v) is 4.03. The van der Waals surface area contributed by atoms with Gasteiger partial charge in [0.2, 0.25) is 0 Å². The van der Waals surface area contributed by atoms with Gasteiger partial charge >= 0.3 is 0 Å². The van der Waals surface area contributed by atoms with Gasteiger partial charge in [-0.05, 0) is 31.7 Å². The van der Waals surface area contributed by atoms with E-state index in [4.69, 9.17) is 4.74 Å². The van der Waals surface area contributed by atoms with Gasteiger partial charge in [-0.3, -0.25) is 4.79 Å². The van der Waals surface area contributed by atoms with E-state index in [1.165, 1.54) is 0 Å². The summed E-state index contributed by atoms with van der Waals surface area (Å²) in [5, 5.41) is 3.21. The molecule has 116 valence electrons. The second-order valence-electron chi connectivity index (χ2n) is 4.92. The third kappa shape index (κ3) is 4.03. The number of ketones is 1. The van der Waals surface area contributed by atoms with Gasteiger partial charge < -0.3 is 10.1 Å². The van der Waals surface area contributed by atoms with E-state index in [9.17, 15) is 4.79 Å². The molecule has 0 aromatic heterocycles. The molecule has 2 rings (SSSR count). The summed E-state index contributed by atoms with van der Waals surface area (Å²) in [5.41, 5.74) is 1.69. The Morgan fingerprint density at radius 1 is 1.14 bits per heavy atom. The van der Waals surface area contributed by atoms with Crippen molar-refractivity contribution < 1.29 is 9.53 Å². The topological polar surface area (TPSA) is 38.3 Å². The van der Waals surface area contributed by atoms with Crippen LogP contribution >= 0.6 is 15.9 Å². The van der Waals surface area contributed by atoms with Crippen LogP contribution in [0, 0.1) is 0 Å². The van der Waals surface area contributed by atoms with E-state index in [1.54, 1.807) is 0 Å². The number of benzene rings is 2. The number of carbonyl (C=O) groups is 1. The zero-order valence-corrected chi connectivity index (χ0v) is 14.3. The van der Waals surface area contributed by atoms with E-state index >= 15 is 0 Å². The highest BCUT2D eigenvalue weighted by molar-refractivity contribution is 9.10. The quantitative estimate of drug-likeness (QED) is 0.757. The number of nitrogens with one attached hydrogen (secondary N) is 1. The van der Waals surface area contributed by atoms with Crippen LogP contribution in [0.25, 0.3) is 0 Å². The fraction of sp³-hybridized carbons (Fsp3) is 0.278. The van der Waals surface area contributed by atoms with Crippen LogP contribution in [0.1, 0.15) is 28.9 Å². The summed E-state index contributed by atoms with van der Waals surface area (Å²) in [7, 11) is 1.85. The van der Waals surface area contributed by atoms with Crippen molar-refractivity contribution in [3.05, 3.63) is 70.2 Å². The molecule has 2 aromatic rings. The Morgan fingerprint density at radius 2 is 1.77 bits per heavy atom. The largest absolute Gasteiger partial charge is 0.368 e. The number of hydrogen-bond acceptors (Lipinski definition) is 3. The molecule has 0 amide bonds. The first-order valence-corrected chi connectivity index (χ1v) is 8.10. The maximum atomic E-state index is 12.8. The zero-order chi connectivity index (χ0) is 15.9. The molecule has 4 heteroatoms. The Hall–Kier alpha value is -1.49. The summed E-state index contributed by atoms with van der Waals surface area (Å²) in [5.74, 6) is -0.0162. The Morgan fingerprint density at radius 3 is 2.32 bits per heavy atom. The van der Waals surface area contributed by atoms with Crippen molar-refractivity contribution in [2.45, 2.75) is 19.1 Å². The van der Waals surface area contributed by atoms with Crippen molar-refractivity contribution in [3.8, 4) is 0 Å². The summed E-state index contributed by atoms with van der Waals surface area (Å²) in [6, 6.07) is 17.1. The molecule has 0 aliphatic rings. The lowest BCUT2D eigenvalue weighted by Gasteiger charge is -2.26. The van der Waals surface area contributed by atoms with Crippen LogP contribution in [-0.4, -0.2) is 25.5 Å². The summed E-state index contributed by atoms with van der Waals surface area (Å²) in [4.78, 5) is 12.8. The standard InChI is InChI=1S/C18H20BrNO2/c1-3-22-18(16(20-2)13-7-5-4-6-8-13)17(21)14-9-11-15(19)12-10-14/h4-12,16,18,20H,3H2,1-2H3. The predicted octanol–water partition coefficient (Wildman–Crippen LogP) is 4.00. The van der Waals surface area contributed by atoms with E-state index in [0.717, 1.165) is 10.0 Å². The lowest BCUT2D eigenvalue weighted by Crippen LogP contribution is -2.38. The maximum Gasteiger partial charge on any atom is 0.193 e. The number of likely N-dealkylation sites (N-methyl/N-ethyl adjacent to an activating group) is 1. The molecule has 0 fully saturated rings. The number of carbonyl (C=O) groups excluding carboxylic acids is 1. The van der Waals surface area contributed by atoms with Gasteiger partial charge in [0.25, 0.3) is 0 Å². The van der Waals surface area contributed by atoms with Gasteiger partial charge in [0.15, 0.2) is 5.78 Å². The fourth-order valence-corrected chi connectivity index (χ4v) is 2.70. The molecule has 22 heavy (non-hydrogen) atoms. The monoisotopic (exact) mass is 361 g/mol. The Bertz CT molecular complexity index is 598. The Kier molecular flexibility index (Phi) is 6.31. The summed E-state index contributed by atoms with van der Waals surface area (Å²) in [6.45, 7) is 2.39. The Labute approximate surface area is 139 Å². The molecule has 0 radical (unpaired) electrons. The molecule has 0 aliphatic heterocycles. The minimum atomic E-state index is -0.557. The van der Waals surface area contributed by atoms with Crippen molar-refractivity contribution in [2.75, 3.05) is 13.7 Å². The van der Waals surface area contributed by atoms with Gasteiger partial charge in [-0.15, -0.1) is 0 Å².